The summed E-state index contributed by atoms with van der Waals surface area (Å²) >= 11 is 0. The summed E-state index contributed by atoms with van der Waals surface area (Å²) in [5.74, 6) is -0.216. The number of carbonyl (C=O) groups is 1. The molecule has 3 aromatic rings. The van der Waals surface area contributed by atoms with Crippen molar-refractivity contribution in [2.75, 3.05) is 7.05 Å². The summed E-state index contributed by atoms with van der Waals surface area (Å²) in [6.45, 7) is 2.83. The van der Waals surface area contributed by atoms with Crippen LogP contribution in [0.3, 0.4) is 0 Å². The number of aryl methyl sites for hydroxylation is 1. The fourth-order valence-corrected chi connectivity index (χ4v) is 2.67. The van der Waals surface area contributed by atoms with Crippen LogP contribution in [0.25, 0.3) is 0 Å². The van der Waals surface area contributed by atoms with Gasteiger partial charge in [-0.15, -0.1) is 0 Å². The average Bonchev–Trinajstić information content (AvgIpc) is 2.65. The summed E-state index contributed by atoms with van der Waals surface area (Å²) < 4.78 is 1.33. The van der Waals surface area contributed by atoms with Crippen LogP contribution in [-0.2, 0) is 13.1 Å². The highest BCUT2D eigenvalue weighted by Crippen LogP contribution is 2.07. The van der Waals surface area contributed by atoms with E-state index in [9.17, 15) is 9.59 Å². The first kappa shape index (κ1) is 17.6. The molecule has 0 atom stereocenters. The second-order valence-corrected chi connectivity index (χ2v) is 6.35. The van der Waals surface area contributed by atoms with Gasteiger partial charge in [0.1, 0.15) is 5.69 Å². The molecule has 5 nitrogen and oxygen atoms in total. The van der Waals surface area contributed by atoms with Crippen molar-refractivity contribution < 1.29 is 4.79 Å². The Morgan fingerprint density at radius 1 is 0.962 bits per heavy atom. The van der Waals surface area contributed by atoms with Gasteiger partial charge in [0.05, 0.1) is 6.54 Å². The first-order chi connectivity index (χ1) is 12.5. The molecule has 1 amide bonds. The Morgan fingerprint density at radius 2 is 1.65 bits per heavy atom. The molecule has 0 aliphatic rings. The lowest BCUT2D eigenvalue weighted by Crippen LogP contribution is -2.31. The molecule has 0 spiro atoms. The molecule has 0 aliphatic carbocycles. The molecule has 0 unspecified atom stereocenters. The molecule has 132 valence electrons. The molecule has 0 aliphatic heterocycles. The van der Waals surface area contributed by atoms with Crippen molar-refractivity contribution in [1.29, 1.82) is 0 Å². The van der Waals surface area contributed by atoms with E-state index >= 15 is 0 Å². The number of nitrogens with zero attached hydrogens (tertiary/aromatic N) is 3. The number of carbonyl (C=O) groups excluding carboxylic acids is 1. The zero-order chi connectivity index (χ0) is 18.5. The van der Waals surface area contributed by atoms with Crippen molar-refractivity contribution in [3.63, 3.8) is 0 Å². The van der Waals surface area contributed by atoms with Crippen LogP contribution in [-0.4, -0.2) is 27.6 Å². The van der Waals surface area contributed by atoms with Crippen LogP contribution in [0.2, 0.25) is 0 Å². The zero-order valence-electron chi connectivity index (χ0n) is 14.9. The molecule has 5 heteroatoms. The largest absolute Gasteiger partial charge is 0.336 e. The minimum Gasteiger partial charge on any atom is -0.336 e. The van der Waals surface area contributed by atoms with E-state index in [-0.39, 0.29) is 17.2 Å². The molecule has 1 heterocycles. The van der Waals surface area contributed by atoms with E-state index in [1.807, 2.05) is 61.5 Å². The van der Waals surface area contributed by atoms with Crippen molar-refractivity contribution in [3.05, 3.63) is 99.5 Å². The summed E-state index contributed by atoms with van der Waals surface area (Å²) in [6.07, 6.45) is 0. The van der Waals surface area contributed by atoms with Crippen LogP contribution in [0.15, 0.2) is 71.5 Å². The highest BCUT2D eigenvalue weighted by Gasteiger charge is 2.15. The molecule has 2 aromatic carbocycles. The van der Waals surface area contributed by atoms with Gasteiger partial charge in [0, 0.05) is 19.7 Å². The van der Waals surface area contributed by atoms with Gasteiger partial charge in [-0.2, -0.15) is 5.10 Å². The molecule has 0 N–H and O–H groups in total. The van der Waals surface area contributed by atoms with E-state index in [0.717, 1.165) is 16.7 Å². The van der Waals surface area contributed by atoms with Crippen LogP contribution >= 0.6 is 0 Å². The van der Waals surface area contributed by atoms with E-state index in [1.54, 1.807) is 11.9 Å². The van der Waals surface area contributed by atoms with Crippen LogP contribution < -0.4 is 5.56 Å². The van der Waals surface area contributed by atoms with Crippen LogP contribution in [0.5, 0.6) is 0 Å². The number of amides is 1. The first-order valence-corrected chi connectivity index (χ1v) is 8.46. The second kappa shape index (κ2) is 7.78. The Labute approximate surface area is 152 Å². The predicted octanol–water partition coefficient (Wildman–Crippen LogP) is 2.87. The lowest BCUT2D eigenvalue weighted by atomic mass is 10.1. The van der Waals surface area contributed by atoms with Gasteiger partial charge in [0.15, 0.2) is 0 Å². The Kier molecular flexibility index (Phi) is 5.27. The third-order valence-corrected chi connectivity index (χ3v) is 4.15. The van der Waals surface area contributed by atoms with Gasteiger partial charge in [0.2, 0.25) is 0 Å². The van der Waals surface area contributed by atoms with Crippen molar-refractivity contribution >= 4 is 5.91 Å². The maximum Gasteiger partial charge on any atom is 0.274 e. The van der Waals surface area contributed by atoms with Crippen molar-refractivity contribution in [3.8, 4) is 0 Å². The summed E-state index contributed by atoms with van der Waals surface area (Å²) in [4.78, 5) is 26.4. The lowest BCUT2D eigenvalue weighted by molar-refractivity contribution is 0.0776. The van der Waals surface area contributed by atoms with Crippen molar-refractivity contribution in [2.24, 2.45) is 0 Å². The lowest BCUT2D eigenvalue weighted by Gasteiger charge is -2.17. The first-order valence-electron chi connectivity index (χ1n) is 8.46. The monoisotopic (exact) mass is 347 g/mol. The van der Waals surface area contributed by atoms with E-state index in [4.69, 9.17) is 0 Å². The SMILES string of the molecule is Cc1ccc(Cn2nc(C(=O)N(C)Cc3ccccc3)ccc2=O)cc1. The molecule has 1 aromatic heterocycles. The van der Waals surface area contributed by atoms with Crippen molar-refractivity contribution in [1.82, 2.24) is 14.7 Å². The number of hydrogen-bond donors (Lipinski definition) is 0. The van der Waals surface area contributed by atoms with E-state index < -0.39 is 0 Å². The fraction of sp³-hybridized carbons (Fsp3) is 0.190. The van der Waals surface area contributed by atoms with E-state index in [1.165, 1.54) is 16.8 Å². The van der Waals surface area contributed by atoms with Gasteiger partial charge < -0.3 is 4.90 Å². The number of hydrogen-bond acceptors (Lipinski definition) is 3. The van der Waals surface area contributed by atoms with Gasteiger partial charge in [-0.3, -0.25) is 9.59 Å². The highest BCUT2D eigenvalue weighted by atomic mass is 16.2. The average molecular weight is 347 g/mol. The summed E-state index contributed by atoms with van der Waals surface area (Å²) in [6, 6.07) is 20.5. The van der Waals surface area contributed by atoms with Gasteiger partial charge in [-0.25, -0.2) is 4.68 Å². The fourth-order valence-electron chi connectivity index (χ4n) is 2.67. The Bertz CT molecular complexity index is 947. The summed E-state index contributed by atoms with van der Waals surface area (Å²) in [5, 5.41) is 4.27. The number of aromatic nitrogens is 2. The summed E-state index contributed by atoms with van der Waals surface area (Å²) in [5.41, 5.74) is 3.19. The van der Waals surface area contributed by atoms with Crippen LogP contribution in [0.4, 0.5) is 0 Å². The molecule has 0 fully saturated rings. The normalized spacial score (nSPS) is 10.5. The third-order valence-electron chi connectivity index (χ3n) is 4.15. The maximum absolute atomic E-state index is 12.7. The zero-order valence-corrected chi connectivity index (χ0v) is 14.9. The standard InChI is InChI=1S/C21H21N3O2/c1-16-8-10-18(11-9-16)15-24-20(25)13-12-19(22-24)21(26)23(2)14-17-6-4-3-5-7-17/h3-13H,14-15H2,1-2H3. The third kappa shape index (κ3) is 4.25. The van der Waals surface area contributed by atoms with Crippen LogP contribution in [0, 0.1) is 6.92 Å². The molecule has 0 saturated carbocycles. The predicted molar refractivity (Wildman–Crippen MR) is 101 cm³/mol. The van der Waals surface area contributed by atoms with E-state index in [2.05, 4.69) is 5.10 Å². The maximum atomic E-state index is 12.7. The second-order valence-electron chi connectivity index (χ2n) is 6.35. The quantitative estimate of drug-likeness (QED) is 0.713. The highest BCUT2D eigenvalue weighted by molar-refractivity contribution is 5.91. The van der Waals surface area contributed by atoms with Crippen LogP contribution in [0.1, 0.15) is 27.2 Å². The van der Waals surface area contributed by atoms with Gasteiger partial charge in [-0.05, 0) is 24.1 Å². The summed E-state index contributed by atoms with van der Waals surface area (Å²) in [7, 11) is 1.73. The molecular formula is C21H21N3O2. The number of rotatable bonds is 5. The molecule has 0 saturated heterocycles. The van der Waals surface area contributed by atoms with Gasteiger partial charge in [0.25, 0.3) is 11.5 Å². The number of benzene rings is 2. The Morgan fingerprint density at radius 3 is 2.35 bits per heavy atom. The topological polar surface area (TPSA) is 55.2 Å². The molecule has 0 bridgehead atoms. The minimum absolute atomic E-state index is 0.216. The van der Waals surface area contributed by atoms with Crippen molar-refractivity contribution in [2.45, 2.75) is 20.0 Å². The Balaban J connectivity index is 1.78. The molecule has 3 rings (SSSR count). The minimum atomic E-state index is -0.229. The smallest absolute Gasteiger partial charge is 0.274 e. The molecular weight excluding hydrogens is 326 g/mol. The van der Waals surface area contributed by atoms with E-state index in [0.29, 0.717) is 13.1 Å². The van der Waals surface area contributed by atoms with Gasteiger partial charge >= 0.3 is 0 Å². The molecule has 0 radical (unpaired) electrons. The molecule has 26 heavy (non-hydrogen) atoms. The Hall–Kier alpha value is -3.21. The van der Waals surface area contributed by atoms with Gasteiger partial charge in [-0.1, -0.05) is 60.2 Å².